The van der Waals surface area contributed by atoms with Gasteiger partial charge >= 0.3 is 0 Å². The van der Waals surface area contributed by atoms with Crippen LogP contribution in [0.25, 0.3) is 0 Å². The van der Waals surface area contributed by atoms with E-state index in [4.69, 9.17) is 4.74 Å². The monoisotopic (exact) mass is 298 g/mol. The summed E-state index contributed by atoms with van der Waals surface area (Å²) in [6.07, 6.45) is 9.76. The molecule has 114 valence electrons. The highest BCUT2D eigenvalue weighted by molar-refractivity contribution is 5.30. The number of aromatic nitrogens is 4. The van der Waals surface area contributed by atoms with E-state index < -0.39 is 0 Å². The Balaban J connectivity index is 1.40. The molecule has 0 radical (unpaired) electrons. The van der Waals surface area contributed by atoms with E-state index in [0.29, 0.717) is 6.04 Å². The molecule has 2 aliphatic heterocycles. The Morgan fingerprint density at radius 1 is 1.05 bits per heavy atom. The minimum absolute atomic E-state index is 0.202. The number of piperazine rings is 1. The van der Waals surface area contributed by atoms with Crippen LogP contribution in [-0.4, -0.2) is 63.2 Å². The van der Waals surface area contributed by atoms with Gasteiger partial charge in [0.2, 0.25) is 5.95 Å². The molecule has 0 N–H and O–H groups in total. The predicted octanol–water partition coefficient (Wildman–Crippen LogP) is 0.608. The minimum Gasteiger partial charge on any atom is -0.486 e. The van der Waals surface area contributed by atoms with Crippen molar-refractivity contribution >= 4 is 5.95 Å². The van der Waals surface area contributed by atoms with Crippen molar-refractivity contribution in [3.05, 3.63) is 37.2 Å². The molecule has 2 aromatic rings. The highest BCUT2D eigenvalue weighted by atomic mass is 16.5. The van der Waals surface area contributed by atoms with E-state index in [1.807, 2.05) is 6.07 Å². The molecule has 0 spiro atoms. The fourth-order valence-electron chi connectivity index (χ4n) is 3.26. The van der Waals surface area contributed by atoms with Crippen LogP contribution in [0.3, 0.4) is 0 Å². The first-order valence-electron chi connectivity index (χ1n) is 7.56. The van der Waals surface area contributed by atoms with E-state index in [9.17, 15) is 0 Å². The van der Waals surface area contributed by atoms with Crippen molar-refractivity contribution < 1.29 is 4.74 Å². The lowest BCUT2D eigenvalue weighted by Crippen LogP contribution is -2.50. The Kier molecular flexibility index (Phi) is 3.56. The van der Waals surface area contributed by atoms with Gasteiger partial charge in [-0.05, 0) is 6.07 Å². The fraction of sp³-hybridized carbons (Fsp3) is 0.467. The van der Waals surface area contributed by atoms with Crippen LogP contribution in [0.4, 0.5) is 5.95 Å². The van der Waals surface area contributed by atoms with E-state index >= 15 is 0 Å². The van der Waals surface area contributed by atoms with Crippen molar-refractivity contribution in [1.29, 1.82) is 0 Å². The van der Waals surface area contributed by atoms with Crippen molar-refractivity contribution in [2.24, 2.45) is 0 Å². The minimum atomic E-state index is 0.202. The molecule has 22 heavy (non-hydrogen) atoms. The SMILES string of the molecule is c1cnc(N2CCN3C[C@H](Oc4cncnc4)C[C@H]3C2)nc1. The van der Waals surface area contributed by atoms with E-state index in [1.165, 1.54) is 6.33 Å². The van der Waals surface area contributed by atoms with Gasteiger partial charge in [0.1, 0.15) is 12.4 Å². The lowest BCUT2D eigenvalue weighted by atomic mass is 10.1. The van der Waals surface area contributed by atoms with E-state index in [0.717, 1.165) is 44.3 Å². The Morgan fingerprint density at radius 2 is 1.86 bits per heavy atom. The normalized spacial score (nSPS) is 25.0. The molecule has 4 heterocycles. The van der Waals surface area contributed by atoms with Gasteiger partial charge in [-0.25, -0.2) is 19.9 Å². The third-order valence-electron chi connectivity index (χ3n) is 4.25. The predicted molar refractivity (Wildman–Crippen MR) is 80.7 cm³/mol. The second-order valence-electron chi connectivity index (χ2n) is 5.69. The number of hydrogen-bond acceptors (Lipinski definition) is 7. The van der Waals surface area contributed by atoms with Gasteiger partial charge in [-0.3, -0.25) is 4.90 Å². The topological polar surface area (TPSA) is 67.3 Å². The zero-order valence-electron chi connectivity index (χ0n) is 12.2. The van der Waals surface area contributed by atoms with Crippen molar-refractivity contribution in [2.75, 3.05) is 31.1 Å². The van der Waals surface area contributed by atoms with Crippen molar-refractivity contribution in [3.8, 4) is 5.75 Å². The summed E-state index contributed by atoms with van der Waals surface area (Å²) in [6.45, 7) is 3.90. The molecule has 2 fully saturated rings. The Morgan fingerprint density at radius 3 is 2.68 bits per heavy atom. The van der Waals surface area contributed by atoms with Crippen molar-refractivity contribution in [3.63, 3.8) is 0 Å². The summed E-state index contributed by atoms with van der Waals surface area (Å²) in [6, 6.07) is 2.34. The molecule has 2 aromatic heterocycles. The maximum Gasteiger partial charge on any atom is 0.225 e. The number of hydrogen-bond donors (Lipinski definition) is 0. The third-order valence-corrected chi connectivity index (χ3v) is 4.25. The molecule has 0 aliphatic carbocycles. The van der Waals surface area contributed by atoms with Crippen LogP contribution in [0, 0.1) is 0 Å². The summed E-state index contributed by atoms with van der Waals surface area (Å²) in [5.74, 6) is 1.57. The summed E-state index contributed by atoms with van der Waals surface area (Å²) < 4.78 is 5.99. The summed E-state index contributed by atoms with van der Waals surface area (Å²) in [5, 5.41) is 0. The van der Waals surface area contributed by atoms with Gasteiger partial charge in [0.05, 0.1) is 12.4 Å². The van der Waals surface area contributed by atoms with Gasteiger partial charge in [-0.2, -0.15) is 0 Å². The fourth-order valence-corrected chi connectivity index (χ4v) is 3.26. The van der Waals surface area contributed by atoms with Crippen LogP contribution in [0.1, 0.15) is 6.42 Å². The first kappa shape index (κ1) is 13.4. The molecular weight excluding hydrogens is 280 g/mol. The van der Waals surface area contributed by atoms with E-state index in [-0.39, 0.29) is 6.10 Å². The second-order valence-corrected chi connectivity index (χ2v) is 5.69. The van der Waals surface area contributed by atoms with Gasteiger partial charge in [-0.15, -0.1) is 0 Å². The molecular formula is C15H18N6O. The van der Waals surface area contributed by atoms with Crippen LogP contribution < -0.4 is 9.64 Å². The maximum atomic E-state index is 5.99. The molecule has 7 heteroatoms. The number of nitrogens with zero attached hydrogens (tertiary/aromatic N) is 6. The van der Waals surface area contributed by atoms with Crippen LogP contribution in [0.5, 0.6) is 5.75 Å². The average molecular weight is 298 g/mol. The van der Waals surface area contributed by atoms with Gasteiger partial charge in [-0.1, -0.05) is 0 Å². The lowest BCUT2D eigenvalue weighted by Gasteiger charge is -2.37. The molecule has 0 aromatic carbocycles. The molecule has 7 nitrogen and oxygen atoms in total. The molecule has 2 aliphatic rings. The summed E-state index contributed by atoms with van der Waals surface area (Å²) in [5.41, 5.74) is 0. The lowest BCUT2D eigenvalue weighted by molar-refractivity contribution is 0.191. The maximum absolute atomic E-state index is 5.99. The van der Waals surface area contributed by atoms with Crippen LogP contribution in [-0.2, 0) is 0 Å². The quantitative estimate of drug-likeness (QED) is 0.822. The number of fused-ring (bicyclic) bond motifs is 1. The van der Waals surface area contributed by atoms with Crippen LogP contribution in [0.2, 0.25) is 0 Å². The summed E-state index contributed by atoms with van der Waals surface area (Å²) >= 11 is 0. The largest absolute Gasteiger partial charge is 0.486 e. The Labute approximate surface area is 129 Å². The summed E-state index contributed by atoms with van der Waals surface area (Å²) in [7, 11) is 0. The first-order chi connectivity index (χ1) is 10.9. The zero-order valence-corrected chi connectivity index (χ0v) is 12.2. The molecule has 0 amide bonds. The average Bonchev–Trinajstić information content (AvgIpc) is 2.98. The van der Waals surface area contributed by atoms with E-state index in [2.05, 4.69) is 29.7 Å². The Hall–Kier alpha value is -2.28. The molecule has 0 bridgehead atoms. The molecule has 0 unspecified atom stereocenters. The standard InChI is InChI=1S/C15H18N6O/c1-2-18-15(19-3-1)21-5-4-20-10-13(6-12(20)9-21)22-14-7-16-11-17-8-14/h1-3,7-8,11-13H,4-6,9-10H2/t12-,13+/m0/s1. The highest BCUT2D eigenvalue weighted by Gasteiger charge is 2.37. The van der Waals surface area contributed by atoms with Crippen molar-refractivity contribution in [2.45, 2.75) is 18.6 Å². The summed E-state index contributed by atoms with van der Waals surface area (Å²) in [4.78, 5) is 21.4. The second kappa shape index (κ2) is 5.84. The third kappa shape index (κ3) is 2.71. The van der Waals surface area contributed by atoms with Crippen LogP contribution >= 0.6 is 0 Å². The van der Waals surface area contributed by atoms with Gasteiger partial charge in [0.25, 0.3) is 0 Å². The Bertz CT molecular complexity index is 610. The van der Waals surface area contributed by atoms with Gasteiger partial charge in [0, 0.05) is 51.0 Å². The van der Waals surface area contributed by atoms with Gasteiger partial charge in [0.15, 0.2) is 5.75 Å². The van der Waals surface area contributed by atoms with Crippen LogP contribution in [0.15, 0.2) is 37.2 Å². The molecule has 2 atom stereocenters. The number of anilines is 1. The number of ether oxygens (including phenoxy) is 1. The molecule has 4 rings (SSSR count). The first-order valence-corrected chi connectivity index (χ1v) is 7.56. The molecule has 2 saturated heterocycles. The zero-order chi connectivity index (χ0) is 14.8. The van der Waals surface area contributed by atoms with E-state index in [1.54, 1.807) is 24.8 Å². The number of rotatable bonds is 3. The van der Waals surface area contributed by atoms with Gasteiger partial charge < -0.3 is 9.64 Å². The highest BCUT2D eigenvalue weighted by Crippen LogP contribution is 2.26. The van der Waals surface area contributed by atoms with Crippen molar-refractivity contribution in [1.82, 2.24) is 24.8 Å². The smallest absolute Gasteiger partial charge is 0.225 e. The molecule has 0 saturated carbocycles.